The summed E-state index contributed by atoms with van der Waals surface area (Å²) >= 11 is 0. The van der Waals surface area contributed by atoms with Gasteiger partial charge in [0.05, 0.1) is 0 Å². The maximum absolute atomic E-state index is 12.6. The number of nitrogens with one attached hydrogen (secondary N) is 1. The van der Waals surface area contributed by atoms with Crippen molar-refractivity contribution in [2.75, 3.05) is 54.4 Å². The molecule has 0 saturated carbocycles. The van der Waals surface area contributed by atoms with Crippen molar-refractivity contribution in [2.24, 2.45) is 49.7 Å². The van der Waals surface area contributed by atoms with Gasteiger partial charge in [-0.05, 0) is 55.8 Å². The monoisotopic (exact) mass is 1120 g/mol. The third kappa shape index (κ3) is 38.0. The second kappa shape index (κ2) is 35.5. The molecule has 0 spiro atoms. The van der Waals surface area contributed by atoms with Gasteiger partial charge in [-0.1, -0.05) is 185 Å². The third-order valence-corrected chi connectivity index (χ3v) is 14.6. The fourth-order valence-electron chi connectivity index (χ4n) is 8.20. The zero-order chi connectivity index (χ0) is 63.7. The Balaban J connectivity index is -0.000000475. The molecular weight excluding hydrogens is 991 g/mol. The van der Waals surface area contributed by atoms with E-state index in [-0.39, 0.29) is 102 Å². The van der Waals surface area contributed by atoms with E-state index >= 15 is 0 Å². The second-order valence-electron chi connectivity index (χ2n) is 30.8. The SMILES string of the molecule is CCC(CN(C)C(=O)CCC(=O)C(C)(C)C)C(C)(C)C.CCCC(N(C)C(=O)CCC(=O)C(C)(C)C)C(C)(C)C.CCCCN(C)C(=O)C(CC(=O)C(C)(C)C)C(C)(C)C.CN(CCNC(C)(C)C)C(=O)CCC(=O)C(C)(C)C. The first-order valence-corrected chi connectivity index (χ1v) is 30.0. The van der Waals surface area contributed by atoms with Crippen LogP contribution in [0.5, 0.6) is 0 Å². The number of carbonyl (C=O) groups excluding carboxylic acids is 8. The Morgan fingerprint density at radius 1 is 0.418 bits per heavy atom. The molecule has 0 fully saturated rings. The summed E-state index contributed by atoms with van der Waals surface area (Å²) in [5.74, 6) is 1.14. The number of unbranched alkanes of at least 4 members (excludes halogenated alkanes) is 1. The van der Waals surface area contributed by atoms with Gasteiger partial charge in [0, 0.05) is 138 Å². The normalized spacial score (nSPS) is 13.6. The number of nitrogens with zero attached hydrogens (tertiary/aromatic N) is 4. The molecule has 0 aromatic carbocycles. The van der Waals surface area contributed by atoms with Crippen molar-refractivity contribution in [2.45, 2.75) is 276 Å². The van der Waals surface area contributed by atoms with Crippen LogP contribution in [-0.4, -0.2) is 132 Å². The lowest BCUT2D eigenvalue weighted by molar-refractivity contribution is -0.142. The van der Waals surface area contributed by atoms with Crippen molar-refractivity contribution in [3.05, 3.63) is 0 Å². The summed E-state index contributed by atoms with van der Waals surface area (Å²) in [6.07, 6.45) is 7.50. The van der Waals surface area contributed by atoms with Crippen LogP contribution in [0.1, 0.15) is 264 Å². The second-order valence-corrected chi connectivity index (χ2v) is 30.8. The Labute approximate surface area is 487 Å². The van der Waals surface area contributed by atoms with Crippen LogP contribution in [0.15, 0.2) is 0 Å². The molecule has 0 radical (unpaired) electrons. The van der Waals surface area contributed by atoms with Crippen LogP contribution in [0.3, 0.4) is 0 Å². The minimum absolute atomic E-state index is 0.0355. The lowest BCUT2D eigenvalue weighted by atomic mass is 9.73. The first kappa shape index (κ1) is 82.0. The smallest absolute Gasteiger partial charge is 0.226 e. The zero-order valence-electron chi connectivity index (χ0n) is 57.6. The fourth-order valence-corrected chi connectivity index (χ4v) is 8.20. The summed E-state index contributed by atoms with van der Waals surface area (Å²) in [5, 5.41) is 3.34. The largest absolute Gasteiger partial charge is 0.345 e. The Morgan fingerprint density at radius 3 is 1.10 bits per heavy atom. The van der Waals surface area contributed by atoms with Gasteiger partial charge in [-0.3, -0.25) is 38.4 Å². The molecule has 3 atom stereocenters. The highest BCUT2D eigenvalue weighted by atomic mass is 16.2. The summed E-state index contributed by atoms with van der Waals surface area (Å²) in [6.45, 7) is 57.7. The molecule has 13 heteroatoms. The molecule has 0 aliphatic heterocycles. The lowest BCUT2D eigenvalue weighted by Gasteiger charge is -2.38. The number of carbonyl (C=O) groups is 8. The van der Waals surface area contributed by atoms with Crippen molar-refractivity contribution in [1.29, 1.82) is 0 Å². The number of likely N-dealkylation sites (N-methyl/N-ethyl adjacent to an activating group) is 1. The number of Topliss-reactive ketones (excluding diaryl/α,β-unsaturated/α-hetero) is 4. The summed E-state index contributed by atoms with van der Waals surface area (Å²) in [4.78, 5) is 104. The predicted molar refractivity (Wildman–Crippen MR) is 333 cm³/mol. The topological polar surface area (TPSA) is 162 Å². The Hall–Kier alpha value is -3.48. The maximum atomic E-state index is 12.6. The number of hydrogen-bond acceptors (Lipinski definition) is 9. The molecule has 0 saturated heterocycles. The number of rotatable bonds is 24. The molecule has 0 aliphatic carbocycles. The van der Waals surface area contributed by atoms with E-state index < -0.39 is 0 Å². The van der Waals surface area contributed by atoms with Crippen LogP contribution in [0.2, 0.25) is 0 Å². The van der Waals surface area contributed by atoms with E-state index in [1.54, 1.807) is 21.7 Å². The van der Waals surface area contributed by atoms with E-state index in [1.807, 2.05) is 130 Å². The standard InChI is InChI=1S/3C17H33NO2.C15H30N2O2/c1-9-13(16(2,3)4)12-18(8)15(20)11-10-14(19)17(5,6)7;1-9-10-13(16(2,3)4)18(8)15(20)12-11-14(19)17(5,6)7;1-9-10-11-18(8)15(20)13(16(2,3)4)12-14(19)17(5,6)7;1-14(2,3)12(18)8-9-13(19)17(7)11-10-16-15(4,5)6/h3*13H,9-12H2,1-8H3;16H,8-11H2,1-7H3. The summed E-state index contributed by atoms with van der Waals surface area (Å²) in [7, 11) is 7.35. The summed E-state index contributed by atoms with van der Waals surface area (Å²) in [5.41, 5.74) is -1.32. The molecule has 79 heavy (non-hydrogen) atoms. The first-order valence-electron chi connectivity index (χ1n) is 30.0. The fraction of sp³-hybridized carbons (Fsp3) is 0.879. The van der Waals surface area contributed by atoms with Gasteiger partial charge in [0.1, 0.15) is 23.1 Å². The van der Waals surface area contributed by atoms with Gasteiger partial charge in [0.15, 0.2) is 0 Å². The van der Waals surface area contributed by atoms with Gasteiger partial charge in [0.2, 0.25) is 23.6 Å². The Bertz CT molecular complexity index is 1850. The van der Waals surface area contributed by atoms with E-state index in [0.717, 1.165) is 51.7 Å². The Morgan fingerprint density at radius 2 is 0.797 bits per heavy atom. The minimum atomic E-state index is -0.383. The van der Waals surface area contributed by atoms with Crippen molar-refractivity contribution in [3.8, 4) is 0 Å². The molecule has 0 heterocycles. The van der Waals surface area contributed by atoms with Gasteiger partial charge < -0.3 is 24.9 Å². The summed E-state index contributed by atoms with van der Waals surface area (Å²) in [6, 6.07) is 0.227. The van der Waals surface area contributed by atoms with Crippen molar-refractivity contribution in [3.63, 3.8) is 0 Å². The molecular formula is C66H129N5O8. The molecule has 0 aliphatic rings. The van der Waals surface area contributed by atoms with Crippen molar-refractivity contribution >= 4 is 46.8 Å². The number of ketones is 4. The minimum Gasteiger partial charge on any atom is -0.345 e. The summed E-state index contributed by atoms with van der Waals surface area (Å²) < 4.78 is 0. The molecule has 0 aromatic heterocycles. The third-order valence-electron chi connectivity index (χ3n) is 14.6. The zero-order valence-corrected chi connectivity index (χ0v) is 57.6. The van der Waals surface area contributed by atoms with E-state index in [9.17, 15) is 38.4 Å². The number of hydrogen-bond donors (Lipinski definition) is 1. The van der Waals surface area contributed by atoms with Gasteiger partial charge in [0.25, 0.3) is 0 Å². The van der Waals surface area contributed by atoms with Crippen LogP contribution in [0.4, 0.5) is 0 Å². The molecule has 0 rings (SSSR count). The van der Waals surface area contributed by atoms with E-state index in [4.69, 9.17) is 0 Å². The molecule has 3 unspecified atom stereocenters. The predicted octanol–water partition coefficient (Wildman–Crippen LogP) is 14.1. The van der Waals surface area contributed by atoms with Crippen molar-refractivity contribution in [1.82, 2.24) is 24.9 Å². The van der Waals surface area contributed by atoms with E-state index in [2.05, 4.69) is 88.4 Å². The molecule has 0 aromatic rings. The molecule has 1 N–H and O–H groups in total. The molecule has 13 nitrogen and oxygen atoms in total. The van der Waals surface area contributed by atoms with Crippen LogP contribution in [-0.2, 0) is 38.4 Å². The highest BCUT2D eigenvalue weighted by Crippen LogP contribution is 2.34. The number of amides is 4. The van der Waals surface area contributed by atoms with Crippen LogP contribution in [0, 0.1) is 49.7 Å². The Kier molecular flexibility index (Phi) is 36.8. The van der Waals surface area contributed by atoms with E-state index in [1.165, 1.54) is 0 Å². The highest BCUT2D eigenvalue weighted by Gasteiger charge is 2.38. The van der Waals surface area contributed by atoms with E-state index in [0.29, 0.717) is 57.4 Å². The van der Waals surface area contributed by atoms with Gasteiger partial charge >= 0.3 is 0 Å². The van der Waals surface area contributed by atoms with Crippen molar-refractivity contribution < 1.29 is 38.4 Å². The quantitative estimate of drug-likeness (QED) is 0.0991. The lowest BCUT2D eigenvalue weighted by Crippen LogP contribution is -2.45. The maximum Gasteiger partial charge on any atom is 0.226 e. The van der Waals surface area contributed by atoms with Crippen LogP contribution < -0.4 is 5.32 Å². The van der Waals surface area contributed by atoms with Crippen LogP contribution >= 0.6 is 0 Å². The molecule has 466 valence electrons. The average Bonchev–Trinajstić information content (AvgIpc) is 3.27. The molecule has 4 amide bonds. The van der Waals surface area contributed by atoms with Gasteiger partial charge in [-0.25, -0.2) is 0 Å². The average molecular weight is 1120 g/mol. The first-order chi connectivity index (χ1) is 35.1. The van der Waals surface area contributed by atoms with Gasteiger partial charge in [-0.2, -0.15) is 0 Å². The molecule has 0 bridgehead atoms. The highest BCUT2D eigenvalue weighted by molar-refractivity contribution is 5.91. The van der Waals surface area contributed by atoms with Crippen LogP contribution in [0.25, 0.3) is 0 Å². The van der Waals surface area contributed by atoms with Gasteiger partial charge in [-0.15, -0.1) is 0 Å².